The van der Waals surface area contributed by atoms with Crippen molar-refractivity contribution in [2.24, 2.45) is 0 Å². The first-order valence-corrected chi connectivity index (χ1v) is 9.01. The van der Waals surface area contributed by atoms with Crippen LogP contribution in [0.25, 0.3) is 0 Å². The lowest BCUT2D eigenvalue weighted by Gasteiger charge is -2.14. The lowest BCUT2D eigenvalue weighted by molar-refractivity contribution is 0.583. The maximum absolute atomic E-state index is 12.4. The molecule has 2 aromatic rings. The summed E-state index contributed by atoms with van der Waals surface area (Å²) in [6, 6.07) is 4.94. The molecule has 7 heteroatoms. The third-order valence-electron chi connectivity index (χ3n) is 3.40. The Kier molecular flexibility index (Phi) is 5.30. The minimum absolute atomic E-state index is 0.125. The van der Waals surface area contributed by atoms with Gasteiger partial charge in [0.1, 0.15) is 0 Å². The Morgan fingerprint density at radius 2 is 2.05 bits per heavy atom. The molecule has 4 nitrogen and oxygen atoms in total. The van der Waals surface area contributed by atoms with Crippen LogP contribution in [0.5, 0.6) is 0 Å². The molecule has 21 heavy (non-hydrogen) atoms. The van der Waals surface area contributed by atoms with Gasteiger partial charge in [-0.25, -0.2) is 8.42 Å². The zero-order valence-corrected chi connectivity index (χ0v) is 13.8. The van der Waals surface area contributed by atoms with Crippen LogP contribution in [0.4, 0.5) is 0 Å². The first-order chi connectivity index (χ1) is 9.90. The molecule has 0 aliphatic carbocycles. The Morgan fingerprint density at radius 3 is 2.67 bits per heavy atom. The molecule has 0 saturated heterocycles. The fourth-order valence-electron chi connectivity index (χ4n) is 2.04. The largest absolute Gasteiger partial charge is 0.285 e. The number of nitrogens with one attached hydrogen (secondary N) is 1. The minimum atomic E-state index is -3.23. The molecule has 1 aromatic carbocycles. The van der Waals surface area contributed by atoms with Gasteiger partial charge in [0.2, 0.25) is 0 Å². The van der Waals surface area contributed by atoms with Gasteiger partial charge in [-0.3, -0.25) is 5.10 Å². The molecule has 0 amide bonds. The van der Waals surface area contributed by atoms with Gasteiger partial charge in [0.25, 0.3) is 0 Å². The lowest BCUT2D eigenvalue weighted by Crippen LogP contribution is -2.15. The fourth-order valence-corrected chi connectivity index (χ4v) is 3.81. The zero-order valence-electron chi connectivity index (χ0n) is 11.5. The smallest absolute Gasteiger partial charge is 0.157 e. The molecule has 0 unspecified atom stereocenters. The molecule has 0 aliphatic heterocycles. The van der Waals surface area contributed by atoms with Gasteiger partial charge in [0.05, 0.1) is 27.2 Å². The summed E-state index contributed by atoms with van der Waals surface area (Å²) in [4.78, 5) is 0. The summed E-state index contributed by atoms with van der Waals surface area (Å²) in [5.41, 5.74) is 1.67. The van der Waals surface area contributed by atoms with E-state index in [2.05, 4.69) is 10.2 Å². The van der Waals surface area contributed by atoms with Crippen molar-refractivity contribution in [1.29, 1.82) is 0 Å². The highest BCUT2D eigenvalue weighted by Crippen LogP contribution is 2.29. The van der Waals surface area contributed by atoms with E-state index < -0.39 is 15.1 Å². The summed E-state index contributed by atoms with van der Waals surface area (Å²) in [6.45, 7) is 1.67. The van der Waals surface area contributed by atoms with Crippen molar-refractivity contribution in [2.75, 3.05) is 5.75 Å². The van der Waals surface area contributed by atoms with E-state index in [9.17, 15) is 8.42 Å². The molecule has 0 saturated carbocycles. The van der Waals surface area contributed by atoms with E-state index in [1.807, 2.05) is 0 Å². The monoisotopic (exact) mass is 346 g/mol. The number of aromatic nitrogens is 2. The molecule has 1 heterocycles. The van der Waals surface area contributed by atoms with Crippen LogP contribution in [-0.4, -0.2) is 24.4 Å². The molecule has 0 aliphatic rings. The van der Waals surface area contributed by atoms with Crippen molar-refractivity contribution in [2.45, 2.75) is 25.0 Å². The summed E-state index contributed by atoms with van der Waals surface area (Å²) in [5.74, 6) is 0.125. The number of aromatic amines is 1. The van der Waals surface area contributed by atoms with E-state index in [0.29, 0.717) is 28.5 Å². The van der Waals surface area contributed by atoms with Crippen molar-refractivity contribution < 1.29 is 8.42 Å². The first-order valence-electron chi connectivity index (χ1n) is 6.54. The third-order valence-corrected chi connectivity index (χ3v) is 6.35. The van der Waals surface area contributed by atoms with E-state index in [4.69, 9.17) is 23.2 Å². The Hall–Kier alpha value is -1.04. The van der Waals surface area contributed by atoms with Crippen molar-refractivity contribution >= 4 is 33.0 Å². The molecule has 1 N–H and O–H groups in total. The van der Waals surface area contributed by atoms with Crippen LogP contribution in [0.15, 0.2) is 30.6 Å². The standard InChI is InChI=1S/C14H16Cl2N2O2S/c1-10(12-4-5-13(15)14(16)7-12)21(19,20)6-2-3-11-8-17-18-9-11/h4-5,7-10H,2-3,6H2,1H3,(H,17,18)/t10-/m0/s1. The van der Waals surface area contributed by atoms with Crippen LogP contribution in [0.3, 0.4) is 0 Å². The molecule has 0 bridgehead atoms. The highest BCUT2D eigenvalue weighted by molar-refractivity contribution is 7.91. The lowest BCUT2D eigenvalue weighted by atomic mass is 10.2. The normalized spacial score (nSPS) is 13.3. The summed E-state index contributed by atoms with van der Waals surface area (Å²) >= 11 is 11.8. The van der Waals surface area contributed by atoms with Crippen LogP contribution < -0.4 is 0 Å². The quantitative estimate of drug-likeness (QED) is 0.864. The number of aryl methyl sites for hydroxylation is 1. The second kappa shape index (κ2) is 6.81. The molecule has 1 aromatic heterocycles. The second-order valence-corrected chi connectivity index (χ2v) is 8.15. The number of hydrogen-bond donors (Lipinski definition) is 1. The van der Waals surface area contributed by atoms with Gasteiger partial charge < -0.3 is 0 Å². The number of rotatable bonds is 6. The van der Waals surface area contributed by atoms with Crippen molar-refractivity contribution in [1.82, 2.24) is 10.2 Å². The van der Waals surface area contributed by atoms with Crippen LogP contribution >= 0.6 is 23.2 Å². The molecule has 0 fully saturated rings. The number of benzene rings is 1. The average molecular weight is 347 g/mol. The first kappa shape index (κ1) is 16.3. The van der Waals surface area contributed by atoms with Gasteiger partial charge >= 0.3 is 0 Å². The predicted molar refractivity (Wildman–Crippen MR) is 85.6 cm³/mol. The SMILES string of the molecule is C[C@@H](c1ccc(Cl)c(Cl)c1)S(=O)(=O)CCCc1cn[nH]c1. The van der Waals surface area contributed by atoms with Gasteiger partial charge in [-0.1, -0.05) is 29.3 Å². The van der Waals surface area contributed by atoms with Crippen molar-refractivity contribution in [3.63, 3.8) is 0 Å². The molecule has 0 spiro atoms. The number of hydrogen-bond acceptors (Lipinski definition) is 3. The van der Waals surface area contributed by atoms with Gasteiger partial charge in [-0.2, -0.15) is 5.10 Å². The summed E-state index contributed by atoms with van der Waals surface area (Å²) in [5, 5.41) is 6.74. The Labute approximate surface area is 134 Å². The van der Waals surface area contributed by atoms with Gasteiger partial charge in [-0.15, -0.1) is 0 Å². The second-order valence-electron chi connectivity index (χ2n) is 4.89. The zero-order chi connectivity index (χ0) is 15.5. The van der Waals surface area contributed by atoms with Crippen LogP contribution in [-0.2, 0) is 16.3 Å². The molecule has 2 rings (SSSR count). The molecule has 0 radical (unpaired) electrons. The number of nitrogens with zero attached hydrogens (tertiary/aromatic N) is 1. The van der Waals surface area contributed by atoms with Crippen LogP contribution in [0.2, 0.25) is 10.0 Å². The van der Waals surface area contributed by atoms with E-state index >= 15 is 0 Å². The molecule has 114 valence electrons. The maximum atomic E-state index is 12.4. The van der Waals surface area contributed by atoms with E-state index in [0.717, 1.165) is 5.56 Å². The Bertz CT molecular complexity index is 700. The van der Waals surface area contributed by atoms with E-state index in [1.54, 1.807) is 37.5 Å². The molecular formula is C14H16Cl2N2O2S. The molecule has 1 atom stereocenters. The average Bonchev–Trinajstić information content (AvgIpc) is 2.94. The topological polar surface area (TPSA) is 62.8 Å². The van der Waals surface area contributed by atoms with E-state index in [-0.39, 0.29) is 5.75 Å². The minimum Gasteiger partial charge on any atom is -0.285 e. The van der Waals surface area contributed by atoms with Crippen LogP contribution in [0, 0.1) is 0 Å². The number of H-pyrrole nitrogens is 1. The fraction of sp³-hybridized carbons (Fsp3) is 0.357. The van der Waals surface area contributed by atoms with Gasteiger partial charge in [-0.05, 0) is 43.0 Å². The van der Waals surface area contributed by atoms with Crippen molar-refractivity contribution in [3.05, 3.63) is 51.8 Å². The number of halogens is 2. The Morgan fingerprint density at radius 1 is 1.29 bits per heavy atom. The van der Waals surface area contributed by atoms with Gasteiger partial charge in [0, 0.05) is 6.20 Å². The predicted octanol–water partition coefficient (Wildman–Crippen LogP) is 3.83. The maximum Gasteiger partial charge on any atom is 0.157 e. The van der Waals surface area contributed by atoms with Crippen molar-refractivity contribution in [3.8, 4) is 0 Å². The summed E-state index contributed by atoms with van der Waals surface area (Å²) in [7, 11) is -3.23. The summed E-state index contributed by atoms with van der Waals surface area (Å²) < 4.78 is 24.7. The van der Waals surface area contributed by atoms with E-state index in [1.165, 1.54) is 0 Å². The van der Waals surface area contributed by atoms with Gasteiger partial charge in [0.15, 0.2) is 9.84 Å². The number of sulfone groups is 1. The highest BCUT2D eigenvalue weighted by Gasteiger charge is 2.22. The summed E-state index contributed by atoms with van der Waals surface area (Å²) in [6.07, 6.45) is 4.72. The Balaban J connectivity index is 2.02. The highest BCUT2D eigenvalue weighted by atomic mass is 35.5. The third kappa shape index (κ3) is 4.22. The van der Waals surface area contributed by atoms with Crippen LogP contribution in [0.1, 0.15) is 29.7 Å². The molecular weight excluding hydrogens is 331 g/mol.